The first-order valence-corrected chi connectivity index (χ1v) is 8.57. The summed E-state index contributed by atoms with van der Waals surface area (Å²) in [6.07, 6.45) is 2.21. The number of amides is 1. The van der Waals surface area contributed by atoms with Crippen LogP contribution in [0.2, 0.25) is 0 Å². The van der Waals surface area contributed by atoms with Crippen molar-refractivity contribution in [2.75, 3.05) is 5.32 Å². The van der Waals surface area contributed by atoms with E-state index in [1.165, 1.54) is 11.4 Å². The van der Waals surface area contributed by atoms with Gasteiger partial charge in [0.1, 0.15) is 0 Å². The van der Waals surface area contributed by atoms with E-state index < -0.39 is 18.0 Å². The molecular weight excluding hydrogens is 360 g/mol. The number of carbonyl (C=O) groups is 2. The molecule has 1 amide bonds. The second-order valence-corrected chi connectivity index (χ2v) is 6.15. The van der Waals surface area contributed by atoms with E-state index in [2.05, 4.69) is 25.4 Å². The summed E-state index contributed by atoms with van der Waals surface area (Å²) >= 11 is 0. The van der Waals surface area contributed by atoms with Gasteiger partial charge in [0.15, 0.2) is 6.10 Å². The van der Waals surface area contributed by atoms with E-state index in [1.807, 2.05) is 19.1 Å². The van der Waals surface area contributed by atoms with Crippen LogP contribution in [-0.2, 0) is 9.53 Å². The molecule has 0 fully saturated rings. The van der Waals surface area contributed by atoms with Crippen molar-refractivity contribution in [3.8, 4) is 0 Å². The monoisotopic (exact) mass is 376 g/mol. The lowest BCUT2D eigenvalue weighted by Crippen LogP contribution is -2.30. The zero-order valence-electron chi connectivity index (χ0n) is 15.2. The van der Waals surface area contributed by atoms with Crippen LogP contribution in [0.15, 0.2) is 48.8 Å². The van der Waals surface area contributed by atoms with E-state index in [0.717, 1.165) is 16.6 Å². The summed E-state index contributed by atoms with van der Waals surface area (Å²) in [6, 6.07) is 10.8. The molecule has 28 heavy (non-hydrogen) atoms. The van der Waals surface area contributed by atoms with Crippen LogP contribution in [0.5, 0.6) is 0 Å². The third-order valence-electron chi connectivity index (χ3n) is 4.17. The molecule has 0 bridgehead atoms. The minimum absolute atomic E-state index is 0.157. The van der Waals surface area contributed by atoms with Gasteiger partial charge in [-0.15, -0.1) is 5.10 Å². The van der Waals surface area contributed by atoms with E-state index in [-0.39, 0.29) is 11.6 Å². The molecule has 0 aliphatic heterocycles. The number of nitrogens with zero attached hydrogens (tertiary/aromatic N) is 5. The second kappa shape index (κ2) is 7.03. The summed E-state index contributed by atoms with van der Waals surface area (Å²) in [5.74, 6) is -1.14. The first kappa shape index (κ1) is 17.5. The molecule has 1 N–H and O–H groups in total. The molecule has 1 unspecified atom stereocenters. The van der Waals surface area contributed by atoms with E-state index in [1.54, 1.807) is 36.7 Å². The molecule has 1 atom stereocenters. The zero-order valence-corrected chi connectivity index (χ0v) is 15.2. The molecule has 140 valence electrons. The number of ether oxygens (including phenoxy) is 1. The number of benzene rings is 1. The Bertz CT molecular complexity index is 1200. The van der Waals surface area contributed by atoms with Crippen LogP contribution in [-0.4, -0.2) is 42.5 Å². The fourth-order valence-electron chi connectivity index (χ4n) is 2.71. The van der Waals surface area contributed by atoms with Gasteiger partial charge in [-0.1, -0.05) is 6.07 Å². The van der Waals surface area contributed by atoms with Gasteiger partial charge in [0.25, 0.3) is 17.5 Å². The molecular formula is C19H16N6O3. The summed E-state index contributed by atoms with van der Waals surface area (Å²) in [5.41, 5.74) is 2.11. The Morgan fingerprint density at radius 3 is 2.79 bits per heavy atom. The lowest BCUT2D eigenvalue weighted by molar-refractivity contribution is -0.123. The largest absolute Gasteiger partial charge is 0.447 e. The predicted molar refractivity (Wildman–Crippen MR) is 101 cm³/mol. The molecule has 3 heterocycles. The molecule has 9 heteroatoms. The van der Waals surface area contributed by atoms with Crippen LogP contribution in [0, 0.1) is 6.92 Å². The number of hydrogen-bond donors (Lipinski definition) is 1. The highest BCUT2D eigenvalue weighted by atomic mass is 16.5. The van der Waals surface area contributed by atoms with E-state index in [0.29, 0.717) is 5.69 Å². The Labute approximate surface area is 159 Å². The van der Waals surface area contributed by atoms with Crippen LogP contribution in [0.3, 0.4) is 0 Å². The number of carbonyl (C=O) groups excluding carboxylic acids is 2. The molecule has 0 saturated carbocycles. The zero-order chi connectivity index (χ0) is 19.7. The number of nitrogens with one attached hydrogen (secondary N) is 1. The van der Waals surface area contributed by atoms with Crippen molar-refractivity contribution in [2.24, 2.45) is 0 Å². The van der Waals surface area contributed by atoms with Gasteiger partial charge in [-0.05, 0) is 44.2 Å². The van der Waals surface area contributed by atoms with Crippen molar-refractivity contribution >= 4 is 34.2 Å². The van der Waals surface area contributed by atoms with Crippen molar-refractivity contribution in [1.82, 2.24) is 24.6 Å². The number of rotatable bonds is 4. The maximum absolute atomic E-state index is 12.5. The summed E-state index contributed by atoms with van der Waals surface area (Å²) in [4.78, 5) is 37.1. The Morgan fingerprint density at radius 1 is 1.11 bits per heavy atom. The number of aryl methyl sites for hydroxylation is 1. The Kier molecular flexibility index (Phi) is 4.40. The molecule has 4 rings (SSSR count). The minimum atomic E-state index is -1.04. The van der Waals surface area contributed by atoms with Gasteiger partial charge in [0, 0.05) is 23.5 Å². The van der Waals surface area contributed by atoms with Crippen LogP contribution in [0.25, 0.3) is 16.7 Å². The van der Waals surface area contributed by atoms with Crippen LogP contribution < -0.4 is 5.32 Å². The second-order valence-electron chi connectivity index (χ2n) is 6.15. The molecule has 3 aromatic heterocycles. The summed E-state index contributed by atoms with van der Waals surface area (Å²) in [5, 5.41) is 7.63. The highest BCUT2D eigenvalue weighted by Crippen LogP contribution is 2.21. The molecule has 9 nitrogen and oxygen atoms in total. The quantitative estimate of drug-likeness (QED) is 0.543. The van der Waals surface area contributed by atoms with E-state index in [9.17, 15) is 9.59 Å². The van der Waals surface area contributed by atoms with Gasteiger partial charge >= 0.3 is 5.97 Å². The summed E-state index contributed by atoms with van der Waals surface area (Å²) in [7, 11) is 0. The third-order valence-corrected chi connectivity index (χ3v) is 4.17. The fourth-order valence-corrected chi connectivity index (χ4v) is 2.71. The molecule has 0 radical (unpaired) electrons. The lowest BCUT2D eigenvalue weighted by atomic mass is 10.2. The SMILES string of the molecule is Cc1ccnc2nc(C(=O)OC(C)C(=O)Nc3cccc4ncccc34)nn12. The van der Waals surface area contributed by atoms with Gasteiger partial charge in [0.2, 0.25) is 0 Å². The molecule has 0 saturated heterocycles. The van der Waals surface area contributed by atoms with Crippen molar-refractivity contribution in [1.29, 1.82) is 0 Å². The predicted octanol–water partition coefficient (Wildman–Crippen LogP) is 2.16. The Morgan fingerprint density at radius 2 is 1.96 bits per heavy atom. The number of anilines is 1. The van der Waals surface area contributed by atoms with E-state index >= 15 is 0 Å². The third kappa shape index (κ3) is 3.25. The number of esters is 1. The van der Waals surface area contributed by atoms with Gasteiger partial charge in [-0.3, -0.25) is 9.78 Å². The van der Waals surface area contributed by atoms with Gasteiger partial charge in [0.05, 0.1) is 11.2 Å². The molecule has 1 aromatic carbocycles. The first-order valence-electron chi connectivity index (χ1n) is 8.57. The standard InChI is InChI=1S/C19H16N6O3/c1-11-8-10-21-19-23-16(24-25(11)19)18(27)28-12(2)17(26)22-15-7-3-6-14-13(15)5-4-9-20-14/h3-10,12H,1-2H3,(H,22,26). The molecule has 0 aliphatic carbocycles. The number of fused-ring (bicyclic) bond motifs is 2. The highest BCUT2D eigenvalue weighted by molar-refractivity contribution is 6.03. The molecule has 4 aromatic rings. The van der Waals surface area contributed by atoms with Gasteiger partial charge in [-0.2, -0.15) is 4.98 Å². The number of hydrogen-bond acceptors (Lipinski definition) is 7. The van der Waals surface area contributed by atoms with Crippen molar-refractivity contribution in [3.05, 3.63) is 60.3 Å². The van der Waals surface area contributed by atoms with Gasteiger partial charge in [-0.25, -0.2) is 14.3 Å². The average molecular weight is 376 g/mol. The maximum atomic E-state index is 12.5. The summed E-state index contributed by atoms with van der Waals surface area (Å²) in [6.45, 7) is 3.30. The van der Waals surface area contributed by atoms with E-state index in [4.69, 9.17) is 4.74 Å². The Balaban J connectivity index is 1.49. The fraction of sp³-hybridized carbons (Fsp3) is 0.158. The van der Waals surface area contributed by atoms with Crippen molar-refractivity contribution in [3.63, 3.8) is 0 Å². The average Bonchev–Trinajstić information content (AvgIpc) is 3.14. The number of aromatic nitrogens is 5. The highest BCUT2D eigenvalue weighted by Gasteiger charge is 2.23. The molecule has 0 spiro atoms. The topological polar surface area (TPSA) is 111 Å². The van der Waals surface area contributed by atoms with Gasteiger partial charge < -0.3 is 10.1 Å². The first-order chi connectivity index (χ1) is 13.5. The summed E-state index contributed by atoms with van der Waals surface area (Å²) < 4.78 is 6.65. The van der Waals surface area contributed by atoms with Crippen LogP contribution >= 0.6 is 0 Å². The maximum Gasteiger partial charge on any atom is 0.379 e. The number of pyridine rings is 1. The van der Waals surface area contributed by atoms with Crippen molar-refractivity contribution in [2.45, 2.75) is 20.0 Å². The van der Waals surface area contributed by atoms with Crippen LogP contribution in [0.4, 0.5) is 5.69 Å². The minimum Gasteiger partial charge on any atom is -0.447 e. The normalized spacial score (nSPS) is 12.1. The smallest absolute Gasteiger partial charge is 0.379 e. The van der Waals surface area contributed by atoms with Crippen LogP contribution in [0.1, 0.15) is 23.2 Å². The molecule has 0 aliphatic rings. The Hall–Kier alpha value is -3.88. The lowest BCUT2D eigenvalue weighted by Gasteiger charge is -2.13. The van der Waals surface area contributed by atoms with Crippen molar-refractivity contribution < 1.29 is 14.3 Å².